The summed E-state index contributed by atoms with van der Waals surface area (Å²) in [6, 6.07) is -2.58. The maximum Gasteiger partial charge on any atom is 0.326 e. The summed E-state index contributed by atoms with van der Waals surface area (Å²) in [5.74, 6) is -4.19. The average Bonchev–Trinajstić information content (AvgIpc) is 3.15. The number of amides is 2. The number of hydrogen-bond donors (Lipinski definition) is 6. The number of aromatic amines is 1. The van der Waals surface area contributed by atoms with Gasteiger partial charge in [-0.3, -0.25) is 14.4 Å². The van der Waals surface area contributed by atoms with E-state index < -0.39 is 42.4 Å². The molecule has 0 radical (unpaired) electrons. The highest BCUT2D eigenvalue weighted by atomic mass is 16.4. The lowest BCUT2D eigenvalue weighted by atomic mass is 10.0. The molecule has 0 saturated carbocycles. The predicted octanol–water partition coefficient (Wildman–Crippen LogP) is -2.11. The summed E-state index contributed by atoms with van der Waals surface area (Å²) in [6.07, 6.45) is 3.79. The molecule has 8 N–H and O–H groups in total. The predicted molar refractivity (Wildman–Crippen MR) is 97.0 cm³/mol. The van der Waals surface area contributed by atoms with Crippen LogP contribution in [0, 0.1) is 0 Å². The van der Waals surface area contributed by atoms with E-state index in [1.807, 2.05) is 0 Å². The smallest absolute Gasteiger partial charge is 0.326 e. The molecule has 0 unspecified atom stereocenters. The van der Waals surface area contributed by atoms with E-state index in [9.17, 15) is 29.4 Å². The monoisotopic (exact) mass is 398 g/mol. The molecule has 1 aromatic heterocycles. The SMILES string of the molecule is NCCCC[C@@H](C(=O)O)N(CC(=O)O)C(=O)[C@H](Cc1c[nH]cn1)NC(=O)CN. The Morgan fingerprint density at radius 3 is 2.43 bits per heavy atom. The third-order valence-corrected chi connectivity index (χ3v) is 3.97. The highest BCUT2D eigenvalue weighted by molar-refractivity contribution is 5.92. The summed E-state index contributed by atoms with van der Waals surface area (Å²) in [5, 5.41) is 21.1. The van der Waals surface area contributed by atoms with Crippen molar-refractivity contribution in [3.8, 4) is 0 Å². The van der Waals surface area contributed by atoms with Gasteiger partial charge in [0.2, 0.25) is 11.8 Å². The van der Waals surface area contributed by atoms with Crippen molar-refractivity contribution in [1.29, 1.82) is 0 Å². The molecule has 0 aliphatic rings. The van der Waals surface area contributed by atoms with E-state index >= 15 is 0 Å². The molecule has 12 heteroatoms. The molecule has 0 aromatic carbocycles. The van der Waals surface area contributed by atoms with Gasteiger partial charge in [0.15, 0.2) is 0 Å². The first-order valence-electron chi connectivity index (χ1n) is 8.72. The van der Waals surface area contributed by atoms with Gasteiger partial charge in [0.05, 0.1) is 18.6 Å². The molecule has 1 aromatic rings. The zero-order chi connectivity index (χ0) is 21.1. The standard InChI is InChI=1S/C16H26N6O6/c17-4-2-1-3-12(16(27)28)22(8-14(24)25)15(26)11(21-13(23)6-18)5-10-7-19-9-20-10/h7,9,11-12H,1-6,8,17-18H2,(H,19,20)(H,21,23)(H,24,25)(H,27,28)/t11-,12-/m0/s1. The molecule has 156 valence electrons. The molecule has 12 nitrogen and oxygen atoms in total. The Morgan fingerprint density at radius 1 is 1.21 bits per heavy atom. The van der Waals surface area contributed by atoms with Gasteiger partial charge >= 0.3 is 11.9 Å². The van der Waals surface area contributed by atoms with Gasteiger partial charge in [-0.25, -0.2) is 9.78 Å². The number of carbonyl (C=O) groups excluding carboxylic acids is 2. The number of H-pyrrole nitrogens is 1. The Balaban J connectivity index is 3.12. The number of carbonyl (C=O) groups is 4. The number of rotatable bonds is 13. The highest BCUT2D eigenvalue weighted by Gasteiger charge is 2.35. The van der Waals surface area contributed by atoms with Crippen LogP contribution in [0.4, 0.5) is 0 Å². The molecule has 0 aliphatic carbocycles. The number of carboxylic acids is 2. The number of nitrogens with one attached hydrogen (secondary N) is 2. The fourth-order valence-electron chi connectivity index (χ4n) is 2.65. The van der Waals surface area contributed by atoms with E-state index in [-0.39, 0.29) is 19.4 Å². The molecule has 0 spiro atoms. The fourth-order valence-corrected chi connectivity index (χ4v) is 2.65. The Bertz CT molecular complexity index is 665. The molecule has 0 fully saturated rings. The topological polar surface area (TPSA) is 205 Å². The number of nitrogens with two attached hydrogens (primary N) is 2. The summed E-state index contributed by atoms with van der Waals surface area (Å²) in [6.45, 7) is -0.871. The van der Waals surface area contributed by atoms with E-state index in [2.05, 4.69) is 15.3 Å². The van der Waals surface area contributed by atoms with Gasteiger partial charge in [-0.2, -0.15) is 0 Å². The van der Waals surface area contributed by atoms with Gasteiger partial charge < -0.3 is 36.9 Å². The number of imidazole rings is 1. The first-order chi connectivity index (χ1) is 13.3. The van der Waals surface area contributed by atoms with E-state index in [1.165, 1.54) is 12.5 Å². The molecule has 28 heavy (non-hydrogen) atoms. The average molecular weight is 398 g/mol. The van der Waals surface area contributed by atoms with Crippen LogP contribution in [0.15, 0.2) is 12.5 Å². The van der Waals surface area contributed by atoms with E-state index in [1.54, 1.807) is 0 Å². The molecule has 1 rings (SSSR count). The molecular formula is C16H26N6O6. The van der Waals surface area contributed by atoms with Gasteiger partial charge in [-0.15, -0.1) is 0 Å². The maximum atomic E-state index is 13.0. The Labute approximate surface area is 161 Å². The maximum absolute atomic E-state index is 13.0. The second-order valence-corrected chi connectivity index (χ2v) is 6.09. The van der Waals surface area contributed by atoms with Crippen LogP contribution in [0.3, 0.4) is 0 Å². The molecule has 0 bridgehead atoms. The van der Waals surface area contributed by atoms with E-state index in [4.69, 9.17) is 11.5 Å². The Morgan fingerprint density at radius 2 is 1.93 bits per heavy atom. The minimum Gasteiger partial charge on any atom is -0.480 e. The lowest BCUT2D eigenvalue weighted by Crippen LogP contribution is -2.56. The fraction of sp³-hybridized carbons (Fsp3) is 0.562. The van der Waals surface area contributed by atoms with Gasteiger partial charge in [0.1, 0.15) is 18.6 Å². The largest absolute Gasteiger partial charge is 0.480 e. The zero-order valence-electron chi connectivity index (χ0n) is 15.3. The quantitative estimate of drug-likeness (QED) is 0.201. The first-order valence-corrected chi connectivity index (χ1v) is 8.72. The first kappa shape index (κ1) is 23.0. The summed E-state index contributed by atoms with van der Waals surface area (Å²) in [5.41, 5.74) is 11.1. The number of hydrogen-bond acceptors (Lipinski definition) is 7. The summed E-state index contributed by atoms with van der Waals surface area (Å²) < 4.78 is 0. The molecule has 0 aliphatic heterocycles. The van der Waals surface area contributed by atoms with Crippen molar-refractivity contribution in [2.45, 2.75) is 37.8 Å². The van der Waals surface area contributed by atoms with Crippen molar-refractivity contribution in [3.63, 3.8) is 0 Å². The Hall–Kier alpha value is -2.99. The third-order valence-electron chi connectivity index (χ3n) is 3.97. The van der Waals surface area contributed by atoms with Crippen LogP contribution in [0.2, 0.25) is 0 Å². The van der Waals surface area contributed by atoms with Crippen LogP contribution in [0.25, 0.3) is 0 Å². The number of carboxylic acid groups (broad SMARTS) is 2. The number of aromatic nitrogens is 2. The molecular weight excluding hydrogens is 372 g/mol. The number of nitrogens with zero attached hydrogens (tertiary/aromatic N) is 2. The molecule has 1 heterocycles. The van der Waals surface area contributed by atoms with E-state index in [0.717, 1.165) is 4.90 Å². The third kappa shape index (κ3) is 7.32. The van der Waals surface area contributed by atoms with Gasteiger partial charge in [-0.1, -0.05) is 0 Å². The van der Waals surface area contributed by atoms with Crippen LogP contribution in [-0.2, 0) is 25.6 Å². The van der Waals surface area contributed by atoms with Crippen molar-refractivity contribution in [3.05, 3.63) is 18.2 Å². The minimum absolute atomic E-state index is 0.0332. The van der Waals surface area contributed by atoms with Gasteiger partial charge in [0, 0.05) is 12.6 Å². The number of unbranched alkanes of at least 4 members (excludes halogenated alkanes) is 1. The minimum atomic E-state index is -1.37. The van der Waals surface area contributed by atoms with Gasteiger partial charge in [-0.05, 0) is 25.8 Å². The summed E-state index contributed by atoms with van der Waals surface area (Å²) >= 11 is 0. The Kier molecular flexibility index (Phi) is 9.60. The molecule has 0 saturated heterocycles. The zero-order valence-corrected chi connectivity index (χ0v) is 15.3. The van der Waals surface area contributed by atoms with Crippen molar-refractivity contribution in [2.24, 2.45) is 11.5 Å². The lowest BCUT2D eigenvalue weighted by molar-refractivity contribution is -0.155. The van der Waals surface area contributed by atoms with Crippen LogP contribution < -0.4 is 16.8 Å². The van der Waals surface area contributed by atoms with Crippen molar-refractivity contribution < 1.29 is 29.4 Å². The number of aliphatic carboxylic acids is 2. The highest BCUT2D eigenvalue weighted by Crippen LogP contribution is 2.13. The second kappa shape index (κ2) is 11.7. The molecule has 2 atom stereocenters. The second-order valence-electron chi connectivity index (χ2n) is 6.09. The van der Waals surface area contributed by atoms with E-state index in [0.29, 0.717) is 25.1 Å². The molecule has 2 amide bonds. The lowest BCUT2D eigenvalue weighted by Gasteiger charge is -2.31. The van der Waals surface area contributed by atoms with Crippen LogP contribution in [0.1, 0.15) is 25.0 Å². The van der Waals surface area contributed by atoms with Crippen LogP contribution >= 0.6 is 0 Å². The van der Waals surface area contributed by atoms with Crippen LogP contribution in [0.5, 0.6) is 0 Å². The summed E-state index contributed by atoms with van der Waals surface area (Å²) in [4.78, 5) is 55.1. The normalized spacial score (nSPS) is 12.8. The van der Waals surface area contributed by atoms with Crippen molar-refractivity contribution in [2.75, 3.05) is 19.6 Å². The van der Waals surface area contributed by atoms with Crippen molar-refractivity contribution in [1.82, 2.24) is 20.2 Å². The van der Waals surface area contributed by atoms with Crippen LogP contribution in [-0.4, -0.2) is 80.6 Å². The van der Waals surface area contributed by atoms with Crippen molar-refractivity contribution >= 4 is 23.8 Å². The van der Waals surface area contributed by atoms with Gasteiger partial charge in [0.25, 0.3) is 0 Å². The summed E-state index contributed by atoms with van der Waals surface area (Å²) in [7, 11) is 0.